The molecule has 0 spiro atoms. The normalized spacial score (nSPS) is 11.0. The van der Waals surface area contributed by atoms with Gasteiger partial charge in [0.05, 0.1) is 0 Å². The first-order chi connectivity index (χ1) is 6.68. The Kier molecular flexibility index (Phi) is 2.21. The van der Waals surface area contributed by atoms with Crippen LogP contribution in [0.15, 0.2) is 41.3 Å². The Hall–Kier alpha value is -1.42. The molecule has 0 aliphatic heterocycles. The predicted molar refractivity (Wildman–Crippen MR) is 52.5 cm³/mol. The molecule has 2 aromatic rings. The van der Waals surface area contributed by atoms with Crippen molar-refractivity contribution in [3.8, 4) is 0 Å². The smallest absolute Gasteiger partial charge is 0.171 e. The van der Waals surface area contributed by atoms with Crippen LogP contribution < -0.4 is 0 Å². The fourth-order valence-corrected chi connectivity index (χ4v) is 1.82. The molecule has 0 heterocycles. The van der Waals surface area contributed by atoms with Gasteiger partial charge in [-0.3, -0.25) is 0 Å². The average Bonchev–Trinajstić information content (AvgIpc) is 2.16. The summed E-state index contributed by atoms with van der Waals surface area (Å²) in [4.78, 5) is -0.251. The number of hydrogen-bond acceptors (Lipinski definition) is 2. The summed E-state index contributed by atoms with van der Waals surface area (Å²) in [7, 11) is -2.86. The fraction of sp³-hybridized carbons (Fsp3) is 0. The summed E-state index contributed by atoms with van der Waals surface area (Å²) in [6.45, 7) is 0. The molecule has 0 N–H and O–H groups in total. The van der Waals surface area contributed by atoms with Gasteiger partial charge >= 0.3 is 0 Å². The first kappa shape index (κ1) is 9.15. The number of fused-ring (bicyclic) bond motifs is 1. The van der Waals surface area contributed by atoms with Gasteiger partial charge in [-0.25, -0.2) is 12.8 Å². The molecule has 2 nitrogen and oxygen atoms in total. The Labute approximate surface area is 81.9 Å². The Morgan fingerprint density at radius 1 is 1.00 bits per heavy atom. The zero-order chi connectivity index (χ0) is 10.1. The van der Waals surface area contributed by atoms with E-state index in [1.165, 1.54) is 12.1 Å². The summed E-state index contributed by atoms with van der Waals surface area (Å²) < 4.78 is 34.5. The highest BCUT2D eigenvalue weighted by molar-refractivity contribution is 7.72. The molecule has 0 aromatic heterocycles. The Balaban J connectivity index is 2.84. The maximum absolute atomic E-state index is 13.2. The van der Waals surface area contributed by atoms with E-state index in [0.717, 1.165) is 5.39 Å². The predicted octanol–water partition coefficient (Wildman–Crippen LogP) is 1.95. The quantitative estimate of drug-likeness (QED) is 0.730. The number of halogens is 1. The lowest BCUT2D eigenvalue weighted by molar-refractivity contribution is 0.580. The van der Waals surface area contributed by atoms with Gasteiger partial charge in [0, 0.05) is 0 Å². The third-order valence-electron chi connectivity index (χ3n) is 2.01. The Morgan fingerprint density at radius 2 is 1.57 bits per heavy atom. The van der Waals surface area contributed by atoms with Gasteiger partial charge in [0.15, 0.2) is 10.7 Å². The van der Waals surface area contributed by atoms with Gasteiger partial charge in [-0.2, -0.15) is 0 Å². The van der Waals surface area contributed by atoms with Crippen molar-refractivity contribution in [2.45, 2.75) is 4.90 Å². The van der Waals surface area contributed by atoms with Gasteiger partial charge in [-0.05, 0) is 22.9 Å². The van der Waals surface area contributed by atoms with Gasteiger partial charge in [-0.1, -0.05) is 24.3 Å². The number of rotatable bonds is 1. The zero-order valence-electron chi connectivity index (χ0n) is 7.11. The van der Waals surface area contributed by atoms with Gasteiger partial charge in [-0.15, -0.1) is 0 Å². The maximum atomic E-state index is 13.2. The van der Waals surface area contributed by atoms with Crippen molar-refractivity contribution < 1.29 is 12.8 Å². The van der Waals surface area contributed by atoms with Crippen LogP contribution in [0.3, 0.4) is 0 Å². The van der Waals surface area contributed by atoms with Crippen LogP contribution in [0.2, 0.25) is 0 Å². The first-order valence-electron chi connectivity index (χ1n) is 4.01. The van der Waals surface area contributed by atoms with Crippen LogP contribution in [0.25, 0.3) is 10.8 Å². The van der Waals surface area contributed by atoms with Gasteiger partial charge in [0.1, 0.15) is 10.7 Å². The van der Waals surface area contributed by atoms with Gasteiger partial charge in [0.25, 0.3) is 0 Å². The molecule has 0 radical (unpaired) electrons. The molecule has 0 fully saturated rings. The van der Waals surface area contributed by atoms with E-state index in [1.807, 2.05) is 0 Å². The van der Waals surface area contributed by atoms with Crippen LogP contribution in [0.5, 0.6) is 0 Å². The summed E-state index contributed by atoms with van der Waals surface area (Å²) in [6.07, 6.45) is 0. The lowest BCUT2D eigenvalue weighted by atomic mass is 10.1. The molecule has 2 rings (SSSR count). The molecule has 0 unspecified atom stereocenters. The largest absolute Gasteiger partial charge is 0.227 e. The highest BCUT2D eigenvalue weighted by atomic mass is 32.2. The minimum atomic E-state index is -2.86. The summed E-state index contributed by atoms with van der Waals surface area (Å²) in [5.41, 5.74) is 0. The van der Waals surface area contributed by atoms with Crippen LogP contribution in [-0.4, -0.2) is 8.42 Å². The van der Waals surface area contributed by atoms with E-state index in [1.54, 1.807) is 24.3 Å². The fourth-order valence-electron chi connectivity index (χ4n) is 1.34. The molecule has 0 aliphatic carbocycles. The maximum Gasteiger partial charge on any atom is 0.171 e. The molecule has 0 atom stereocenters. The van der Waals surface area contributed by atoms with Crippen LogP contribution in [0.1, 0.15) is 0 Å². The number of benzene rings is 2. The van der Waals surface area contributed by atoms with E-state index in [4.69, 9.17) is 0 Å². The zero-order valence-corrected chi connectivity index (χ0v) is 8.00. The van der Waals surface area contributed by atoms with E-state index in [0.29, 0.717) is 5.39 Å². The molecule has 0 amide bonds. The SMILES string of the molecule is O=[SH](=O)c1cc2ccccc2cc1F. The van der Waals surface area contributed by atoms with Crippen LogP contribution >= 0.6 is 0 Å². The monoisotopic (exact) mass is 210 g/mol. The second kappa shape index (κ2) is 3.38. The van der Waals surface area contributed by atoms with Gasteiger partial charge in [0.2, 0.25) is 0 Å². The molecule has 14 heavy (non-hydrogen) atoms. The summed E-state index contributed by atoms with van der Waals surface area (Å²) in [5, 5.41) is 1.42. The van der Waals surface area contributed by atoms with Crippen molar-refractivity contribution in [2.75, 3.05) is 0 Å². The summed E-state index contributed by atoms with van der Waals surface area (Å²) in [5.74, 6) is -0.695. The molecule has 0 saturated carbocycles. The second-order valence-electron chi connectivity index (χ2n) is 2.91. The molecule has 0 saturated heterocycles. The summed E-state index contributed by atoms with van der Waals surface area (Å²) in [6, 6.07) is 9.61. The first-order valence-corrected chi connectivity index (χ1v) is 5.19. The molecule has 0 aliphatic rings. The van der Waals surface area contributed by atoms with Crippen LogP contribution in [0.4, 0.5) is 4.39 Å². The van der Waals surface area contributed by atoms with Crippen molar-refractivity contribution in [3.05, 3.63) is 42.2 Å². The average molecular weight is 210 g/mol. The molecular formula is C10H7FO2S. The second-order valence-corrected chi connectivity index (χ2v) is 3.90. The molecule has 72 valence electrons. The van der Waals surface area contributed by atoms with E-state index in [-0.39, 0.29) is 4.90 Å². The Morgan fingerprint density at radius 3 is 2.14 bits per heavy atom. The van der Waals surface area contributed by atoms with Crippen molar-refractivity contribution in [3.63, 3.8) is 0 Å². The molecule has 2 aromatic carbocycles. The third-order valence-corrected chi connectivity index (χ3v) is 2.75. The highest BCUT2D eigenvalue weighted by Crippen LogP contribution is 2.19. The van der Waals surface area contributed by atoms with Crippen molar-refractivity contribution in [2.24, 2.45) is 0 Å². The van der Waals surface area contributed by atoms with E-state index in [9.17, 15) is 12.8 Å². The highest BCUT2D eigenvalue weighted by Gasteiger charge is 2.05. The lowest BCUT2D eigenvalue weighted by Gasteiger charge is -1.99. The minimum absolute atomic E-state index is 0.251. The Bertz CT molecular complexity index is 553. The topological polar surface area (TPSA) is 34.1 Å². The van der Waals surface area contributed by atoms with E-state index >= 15 is 0 Å². The van der Waals surface area contributed by atoms with Crippen molar-refractivity contribution >= 4 is 21.5 Å². The van der Waals surface area contributed by atoms with E-state index in [2.05, 4.69) is 0 Å². The number of thiol groups is 1. The molecule has 0 bridgehead atoms. The lowest BCUT2D eigenvalue weighted by Crippen LogP contribution is -1.87. The van der Waals surface area contributed by atoms with Crippen LogP contribution in [-0.2, 0) is 10.7 Å². The van der Waals surface area contributed by atoms with E-state index < -0.39 is 16.5 Å². The van der Waals surface area contributed by atoms with Crippen molar-refractivity contribution in [1.82, 2.24) is 0 Å². The van der Waals surface area contributed by atoms with Gasteiger partial charge < -0.3 is 0 Å². The molecule has 4 heteroatoms. The van der Waals surface area contributed by atoms with Crippen molar-refractivity contribution in [1.29, 1.82) is 0 Å². The minimum Gasteiger partial charge on any atom is -0.227 e. The number of hydrogen-bond donors (Lipinski definition) is 1. The summed E-state index contributed by atoms with van der Waals surface area (Å²) >= 11 is 0. The standard InChI is InChI=1S/C10H7FO2S/c11-9-5-7-3-1-2-4-8(7)6-10(9)14(12)13/h1-6,14H. The third kappa shape index (κ3) is 1.48. The molecular weight excluding hydrogens is 203 g/mol. The van der Waals surface area contributed by atoms with Crippen LogP contribution in [0, 0.1) is 5.82 Å².